The Hall–Kier alpha value is -0.380. The van der Waals surface area contributed by atoms with Crippen LogP contribution in [0.2, 0.25) is 5.02 Å². The minimum absolute atomic E-state index is 0.768. The van der Waals surface area contributed by atoms with Gasteiger partial charge in [0.1, 0.15) is 0 Å². The van der Waals surface area contributed by atoms with E-state index < -0.39 is 0 Å². The largest absolute Gasteiger partial charge is 0.233 e. The van der Waals surface area contributed by atoms with Gasteiger partial charge in [0.25, 0.3) is 0 Å². The standard InChI is InChI=1S/C12H11BrClNS/c1-2-3-10-11(16-12(13)15-10)8-4-6-9(14)7-5-8/h4-7H,2-3H2,1H3. The van der Waals surface area contributed by atoms with E-state index >= 15 is 0 Å². The molecule has 4 heteroatoms. The molecule has 0 unspecified atom stereocenters. The molecule has 0 amide bonds. The number of rotatable bonds is 3. The molecule has 0 fully saturated rings. The molecule has 0 saturated heterocycles. The average Bonchev–Trinajstić information content (AvgIpc) is 2.61. The topological polar surface area (TPSA) is 12.9 Å². The smallest absolute Gasteiger partial charge is 0.159 e. The van der Waals surface area contributed by atoms with Crippen molar-refractivity contribution < 1.29 is 0 Å². The first-order valence-electron chi connectivity index (χ1n) is 5.12. The number of aromatic nitrogens is 1. The van der Waals surface area contributed by atoms with Crippen LogP contribution in [0.4, 0.5) is 0 Å². The first-order chi connectivity index (χ1) is 7.70. The van der Waals surface area contributed by atoms with Gasteiger partial charge in [-0.1, -0.05) is 37.1 Å². The Labute approximate surface area is 113 Å². The van der Waals surface area contributed by atoms with Gasteiger partial charge in [-0.15, -0.1) is 11.3 Å². The molecular formula is C12H11BrClNS. The van der Waals surface area contributed by atoms with Crippen molar-refractivity contribution in [3.63, 3.8) is 0 Å². The fraction of sp³-hybridized carbons (Fsp3) is 0.250. The molecule has 0 N–H and O–H groups in total. The predicted octanol–water partition coefficient (Wildman–Crippen LogP) is 5.18. The van der Waals surface area contributed by atoms with Crippen LogP contribution >= 0.6 is 38.9 Å². The second-order valence-electron chi connectivity index (χ2n) is 3.50. The first kappa shape index (κ1) is 12.1. The lowest BCUT2D eigenvalue weighted by molar-refractivity contribution is 0.892. The van der Waals surface area contributed by atoms with Gasteiger partial charge in [-0.3, -0.25) is 0 Å². The minimum Gasteiger partial charge on any atom is -0.233 e. The zero-order valence-corrected chi connectivity index (χ0v) is 12.0. The molecule has 0 aliphatic heterocycles. The van der Waals surface area contributed by atoms with Crippen molar-refractivity contribution >= 4 is 38.9 Å². The third-order valence-electron chi connectivity index (χ3n) is 2.26. The Morgan fingerprint density at radius 1 is 1.31 bits per heavy atom. The van der Waals surface area contributed by atoms with E-state index in [0.717, 1.165) is 21.8 Å². The summed E-state index contributed by atoms with van der Waals surface area (Å²) >= 11 is 11.0. The van der Waals surface area contributed by atoms with Gasteiger partial charge in [0.05, 0.1) is 10.6 Å². The van der Waals surface area contributed by atoms with Crippen LogP contribution in [0.1, 0.15) is 19.0 Å². The Bertz CT molecular complexity index is 478. The lowest BCUT2D eigenvalue weighted by Crippen LogP contribution is -1.86. The highest BCUT2D eigenvalue weighted by atomic mass is 79.9. The van der Waals surface area contributed by atoms with Crippen molar-refractivity contribution in [1.29, 1.82) is 0 Å². The fourth-order valence-electron chi connectivity index (χ4n) is 1.56. The second kappa shape index (κ2) is 5.30. The van der Waals surface area contributed by atoms with Crippen LogP contribution in [-0.2, 0) is 6.42 Å². The summed E-state index contributed by atoms with van der Waals surface area (Å²) in [4.78, 5) is 5.74. The molecule has 16 heavy (non-hydrogen) atoms. The summed E-state index contributed by atoms with van der Waals surface area (Å²) in [6.45, 7) is 2.17. The van der Waals surface area contributed by atoms with Gasteiger partial charge >= 0.3 is 0 Å². The molecule has 0 spiro atoms. The molecule has 0 saturated carbocycles. The van der Waals surface area contributed by atoms with E-state index in [1.165, 1.54) is 16.1 Å². The quantitative estimate of drug-likeness (QED) is 0.760. The number of aryl methyl sites for hydroxylation is 1. The lowest BCUT2D eigenvalue weighted by atomic mass is 10.1. The van der Waals surface area contributed by atoms with Crippen molar-refractivity contribution in [2.45, 2.75) is 19.8 Å². The highest BCUT2D eigenvalue weighted by Crippen LogP contribution is 2.34. The second-order valence-corrected chi connectivity index (χ2v) is 6.21. The van der Waals surface area contributed by atoms with Gasteiger partial charge in [0.2, 0.25) is 0 Å². The highest BCUT2D eigenvalue weighted by Gasteiger charge is 2.10. The van der Waals surface area contributed by atoms with Crippen LogP contribution in [-0.4, -0.2) is 4.98 Å². The molecule has 1 aromatic carbocycles. The normalized spacial score (nSPS) is 10.7. The zero-order chi connectivity index (χ0) is 11.5. The lowest BCUT2D eigenvalue weighted by Gasteiger charge is -2.01. The number of nitrogens with zero attached hydrogens (tertiary/aromatic N) is 1. The summed E-state index contributed by atoms with van der Waals surface area (Å²) in [7, 11) is 0. The molecule has 1 aromatic heterocycles. The van der Waals surface area contributed by atoms with Crippen LogP contribution in [0.3, 0.4) is 0 Å². The van der Waals surface area contributed by atoms with Gasteiger partial charge in [-0.05, 0) is 40.0 Å². The summed E-state index contributed by atoms with van der Waals surface area (Å²) in [6.07, 6.45) is 2.12. The Morgan fingerprint density at radius 3 is 2.62 bits per heavy atom. The number of hydrogen-bond acceptors (Lipinski definition) is 2. The van der Waals surface area contributed by atoms with Crippen molar-refractivity contribution in [2.24, 2.45) is 0 Å². The molecule has 2 aromatic rings. The van der Waals surface area contributed by atoms with E-state index in [2.05, 4.69) is 27.8 Å². The van der Waals surface area contributed by atoms with Crippen molar-refractivity contribution in [3.8, 4) is 10.4 Å². The van der Waals surface area contributed by atoms with Crippen LogP contribution < -0.4 is 0 Å². The van der Waals surface area contributed by atoms with Crippen molar-refractivity contribution in [3.05, 3.63) is 38.9 Å². The zero-order valence-electron chi connectivity index (χ0n) is 8.84. The maximum atomic E-state index is 5.88. The Kier molecular flexibility index (Phi) is 4.00. The SMILES string of the molecule is CCCc1nc(Br)sc1-c1ccc(Cl)cc1. The van der Waals surface area contributed by atoms with Crippen LogP contribution in [0.15, 0.2) is 28.2 Å². The maximum Gasteiger partial charge on any atom is 0.159 e. The average molecular weight is 317 g/mol. The van der Waals surface area contributed by atoms with E-state index in [1.807, 2.05) is 24.3 Å². The van der Waals surface area contributed by atoms with E-state index in [4.69, 9.17) is 11.6 Å². The minimum atomic E-state index is 0.768. The van der Waals surface area contributed by atoms with Gasteiger partial charge in [-0.25, -0.2) is 4.98 Å². The summed E-state index contributed by atoms with van der Waals surface area (Å²) in [5.74, 6) is 0. The number of benzene rings is 1. The first-order valence-corrected chi connectivity index (χ1v) is 7.10. The molecule has 0 aliphatic carbocycles. The molecule has 1 heterocycles. The summed E-state index contributed by atoms with van der Waals surface area (Å²) < 4.78 is 0.945. The summed E-state index contributed by atoms with van der Waals surface area (Å²) in [5, 5.41) is 0.768. The molecule has 0 atom stereocenters. The Balaban J connectivity index is 2.42. The summed E-state index contributed by atoms with van der Waals surface area (Å²) in [5.41, 5.74) is 2.36. The van der Waals surface area contributed by atoms with E-state index in [9.17, 15) is 0 Å². The number of thiazole rings is 1. The monoisotopic (exact) mass is 315 g/mol. The fourth-order valence-corrected chi connectivity index (χ4v) is 3.23. The van der Waals surface area contributed by atoms with Gasteiger partial charge in [0.15, 0.2) is 3.92 Å². The third kappa shape index (κ3) is 2.65. The van der Waals surface area contributed by atoms with Crippen LogP contribution in [0.25, 0.3) is 10.4 Å². The van der Waals surface area contributed by atoms with E-state index in [-0.39, 0.29) is 0 Å². The molecule has 84 valence electrons. The molecule has 0 aliphatic rings. The van der Waals surface area contributed by atoms with Crippen LogP contribution in [0.5, 0.6) is 0 Å². The highest BCUT2D eigenvalue weighted by molar-refractivity contribution is 9.11. The Morgan fingerprint density at radius 2 is 2.00 bits per heavy atom. The van der Waals surface area contributed by atoms with Gasteiger partial charge in [0, 0.05) is 5.02 Å². The molecule has 0 radical (unpaired) electrons. The van der Waals surface area contributed by atoms with Gasteiger partial charge < -0.3 is 0 Å². The molecule has 1 nitrogen and oxygen atoms in total. The van der Waals surface area contributed by atoms with Crippen LogP contribution in [0, 0.1) is 0 Å². The van der Waals surface area contributed by atoms with Crippen molar-refractivity contribution in [1.82, 2.24) is 4.98 Å². The number of halogens is 2. The summed E-state index contributed by atoms with van der Waals surface area (Å²) in [6, 6.07) is 7.92. The van der Waals surface area contributed by atoms with Crippen molar-refractivity contribution in [2.75, 3.05) is 0 Å². The third-order valence-corrected chi connectivity index (χ3v) is 4.11. The number of hydrogen-bond donors (Lipinski definition) is 0. The predicted molar refractivity (Wildman–Crippen MR) is 74.3 cm³/mol. The van der Waals surface area contributed by atoms with Gasteiger partial charge in [-0.2, -0.15) is 0 Å². The molecule has 0 bridgehead atoms. The molecule has 2 rings (SSSR count). The maximum absolute atomic E-state index is 5.88. The van der Waals surface area contributed by atoms with E-state index in [1.54, 1.807) is 11.3 Å². The molecular weight excluding hydrogens is 306 g/mol. The van der Waals surface area contributed by atoms with E-state index in [0.29, 0.717) is 0 Å².